The molecule has 0 amide bonds. The maximum atomic E-state index is 10.5. The van der Waals surface area contributed by atoms with Crippen LogP contribution in [0.5, 0.6) is 0 Å². The first kappa shape index (κ1) is 10.1. The molecule has 0 aliphatic heterocycles. The van der Waals surface area contributed by atoms with E-state index in [0.717, 1.165) is 0 Å². The third kappa shape index (κ3) is 2.82. The van der Waals surface area contributed by atoms with Gasteiger partial charge < -0.3 is 4.84 Å². The molecule has 1 aromatic carbocycles. The normalized spacial score (nSPS) is 10.8. The van der Waals surface area contributed by atoms with Gasteiger partial charge in [0, 0.05) is 12.5 Å². The highest BCUT2D eigenvalue weighted by atomic mass is 16.7. The highest BCUT2D eigenvalue weighted by Crippen LogP contribution is 2.00. The van der Waals surface area contributed by atoms with Crippen molar-refractivity contribution in [2.45, 2.75) is 6.92 Å². The fourth-order valence-corrected chi connectivity index (χ4v) is 0.836. The molecule has 1 aromatic rings. The Bertz CT molecular complexity index is 357. The number of hydrogen-bond acceptors (Lipinski definition) is 4. The summed E-state index contributed by atoms with van der Waals surface area (Å²) in [5.41, 5.74) is 0.532. The Morgan fingerprint density at radius 3 is 2.50 bits per heavy atom. The second-order valence-electron chi connectivity index (χ2n) is 2.49. The highest BCUT2D eigenvalue weighted by molar-refractivity contribution is 6.36. The summed E-state index contributed by atoms with van der Waals surface area (Å²) in [5.74, 6) is -0.575. The Morgan fingerprint density at radius 1 is 1.36 bits per heavy atom. The highest BCUT2D eigenvalue weighted by Gasteiger charge is 2.03. The van der Waals surface area contributed by atoms with Crippen molar-refractivity contribution in [2.24, 2.45) is 5.16 Å². The molecular formula is C10H8NO3. The van der Waals surface area contributed by atoms with E-state index < -0.39 is 5.97 Å². The molecule has 0 aliphatic carbocycles. The molecule has 0 N–H and O–H groups in total. The summed E-state index contributed by atoms with van der Waals surface area (Å²) in [7, 11) is 0. The van der Waals surface area contributed by atoms with Crippen molar-refractivity contribution in [3.8, 4) is 0 Å². The Hall–Kier alpha value is -1.97. The van der Waals surface area contributed by atoms with E-state index in [0.29, 0.717) is 5.56 Å². The first-order valence-corrected chi connectivity index (χ1v) is 3.93. The Kier molecular flexibility index (Phi) is 3.55. The molecule has 0 aromatic heterocycles. The van der Waals surface area contributed by atoms with E-state index in [1.165, 1.54) is 6.92 Å². The van der Waals surface area contributed by atoms with Gasteiger partial charge in [-0.3, -0.25) is 4.79 Å². The van der Waals surface area contributed by atoms with Crippen LogP contribution in [0.1, 0.15) is 12.5 Å². The number of hydrogen-bond donors (Lipinski definition) is 0. The predicted molar refractivity (Wildman–Crippen MR) is 50.4 cm³/mol. The molecule has 71 valence electrons. The molecule has 0 saturated carbocycles. The van der Waals surface area contributed by atoms with Gasteiger partial charge >= 0.3 is 5.97 Å². The van der Waals surface area contributed by atoms with E-state index in [1.54, 1.807) is 36.6 Å². The first-order chi connectivity index (χ1) is 6.74. The molecular weight excluding hydrogens is 182 g/mol. The van der Waals surface area contributed by atoms with Crippen LogP contribution in [0.25, 0.3) is 0 Å². The summed E-state index contributed by atoms with van der Waals surface area (Å²) < 4.78 is 0. The lowest BCUT2D eigenvalue weighted by atomic mass is 10.1. The van der Waals surface area contributed by atoms with E-state index in [4.69, 9.17) is 0 Å². The molecule has 0 aliphatic rings. The van der Waals surface area contributed by atoms with Crippen molar-refractivity contribution in [1.29, 1.82) is 0 Å². The van der Waals surface area contributed by atoms with Crippen LogP contribution in [-0.2, 0) is 14.4 Å². The third-order valence-electron chi connectivity index (χ3n) is 1.41. The van der Waals surface area contributed by atoms with Gasteiger partial charge in [-0.1, -0.05) is 35.5 Å². The maximum absolute atomic E-state index is 10.5. The van der Waals surface area contributed by atoms with Gasteiger partial charge in [0.1, 0.15) is 0 Å². The van der Waals surface area contributed by atoms with Crippen LogP contribution in [0.3, 0.4) is 0 Å². The lowest BCUT2D eigenvalue weighted by Gasteiger charge is -1.96. The molecule has 14 heavy (non-hydrogen) atoms. The summed E-state index contributed by atoms with van der Waals surface area (Å²) in [6.07, 6.45) is 1.60. The van der Waals surface area contributed by atoms with E-state index in [9.17, 15) is 9.59 Å². The Morgan fingerprint density at radius 2 is 2.00 bits per heavy atom. The fourth-order valence-electron chi connectivity index (χ4n) is 0.836. The number of carbonyl (C=O) groups is 1. The summed E-state index contributed by atoms with van der Waals surface area (Å²) >= 11 is 0. The van der Waals surface area contributed by atoms with Crippen molar-refractivity contribution in [2.75, 3.05) is 0 Å². The predicted octanol–water partition coefficient (Wildman–Crippen LogP) is 1.06. The number of nitrogens with zero attached hydrogens (tertiary/aromatic N) is 1. The molecule has 0 bridgehead atoms. The molecule has 1 radical (unpaired) electrons. The van der Waals surface area contributed by atoms with E-state index in [-0.39, 0.29) is 5.71 Å². The van der Waals surface area contributed by atoms with Crippen molar-refractivity contribution >= 4 is 18.0 Å². The minimum Gasteiger partial charge on any atom is -0.318 e. The first-order valence-electron chi connectivity index (χ1n) is 3.93. The summed E-state index contributed by atoms with van der Waals surface area (Å²) in [6, 6.07) is 8.64. The lowest BCUT2D eigenvalue weighted by Crippen LogP contribution is -2.04. The number of benzene rings is 1. The van der Waals surface area contributed by atoms with Gasteiger partial charge in [-0.2, -0.15) is 0 Å². The van der Waals surface area contributed by atoms with Gasteiger partial charge in [0.25, 0.3) is 6.29 Å². The molecule has 1 rings (SSSR count). The van der Waals surface area contributed by atoms with Crippen molar-refractivity contribution in [1.82, 2.24) is 0 Å². The van der Waals surface area contributed by atoms with Crippen molar-refractivity contribution in [3.63, 3.8) is 0 Å². The number of rotatable bonds is 3. The van der Waals surface area contributed by atoms with Crippen molar-refractivity contribution in [3.05, 3.63) is 35.9 Å². The minimum absolute atomic E-state index is 0.0270. The van der Waals surface area contributed by atoms with Gasteiger partial charge in [0.2, 0.25) is 0 Å². The molecule has 4 heteroatoms. The van der Waals surface area contributed by atoms with Crippen LogP contribution in [-0.4, -0.2) is 18.0 Å². The third-order valence-corrected chi connectivity index (χ3v) is 1.41. The van der Waals surface area contributed by atoms with Crippen LogP contribution in [0.15, 0.2) is 35.5 Å². The second-order valence-corrected chi connectivity index (χ2v) is 2.49. The van der Waals surface area contributed by atoms with Gasteiger partial charge in [-0.15, -0.1) is 0 Å². The minimum atomic E-state index is -0.575. The summed E-state index contributed by atoms with van der Waals surface area (Å²) in [5, 5.41) is 3.36. The van der Waals surface area contributed by atoms with Gasteiger partial charge in [-0.25, -0.2) is 4.79 Å². The van der Waals surface area contributed by atoms with Crippen LogP contribution in [0.2, 0.25) is 0 Å². The van der Waals surface area contributed by atoms with E-state index >= 15 is 0 Å². The lowest BCUT2D eigenvalue weighted by molar-refractivity contribution is -0.140. The summed E-state index contributed by atoms with van der Waals surface area (Å²) in [6.45, 7) is 1.21. The summed E-state index contributed by atoms with van der Waals surface area (Å²) in [4.78, 5) is 25.2. The topological polar surface area (TPSA) is 55.7 Å². The van der Waals surface area contributed by atoms with Gasteiger partial charge in [-0.05, 0) is 0 Å². The SMILES string of the molecule is CC(=O)ON=C([C]=O)c1ccccc1. The Labute approximate surface area is 81.2 Å². The van der Waals surface area contributed by atoms with Crippen molar-refractivity contribution < 1.29 is 14.4 Å². The number of carbonyl (C=O) groups excluding carboxylic acids is 2. The average Bonchev–Trinajstić information content (AvgIpc) is 2.20. The molecule has 0 fully saturated rings. The van der Waals surface area contributed by atoms with E-state index in [1.807, 2.05) is 0 Å². The maximum Gasteiger partial charge on any atom is 0.332 e. The fraction of sp³-hybridized carbons (Fsp3) is 0.100. The molecule has 0 unspecified atom stereocenters. The molecule has 0 spiro atoms. The Balaban J connectivity index is 2.87. The van der Waals surface area contributed by atoms with Gasteiger partial charge in [0.15, 0.2) is 5.71 Å². The second kappa shape index (κ2) is 4.91. The zero-order valence-corrected chi connectivity index (χ0v) is 7.56. The van der Waals surface area contributed by atoms with Gasteiger partial charge in [0.05, 0.1) is 0 Å². The molecule has 0 atom stereocenters. The van der Waals surface area contributed by atoms with Crippen LogP contribution >= 0.6 is 0 Å². The number of oxime groups is 1. The standard InChI is InChI=1S/C10H8NO3/c1-8(13)14-11-10(7-12)9-5-3-2-4-6-9/h2-6H,1H3. The molecule has 0 saturated heterocycles. The van der Waals surface area contributed by atoms with Crippen LogP contribution < -0.4 is 0 Å². The largest absolute Gasteiger partial charge is 0.332 e. The molecule has 0 heterocycles. The monoisotopic (exact) mass is 190 g/mol. The van der Waals surface area contributed by atoms with E-state index in [2.05, 4.69) is 9.99 Å². The molecule has 4 nitrogen and oxygen atoms in total. The zero-order valence-electron chi connectivity index (χ0n) is 7.56. The average molecular weight is 190 g/mol. The smallest absolute Gasteiger partial charge is 0.318 e. The van der Waals surface area contributed by atoms with Crippen LogP contribution in [0, 0.1) is 0 Å². The van der Waals surface area contributed by atoms with Crippen LogP contribution in [0.4, 0.5) is 0 Å². The quantitative estimate of drug-likeness (QED) is 0.407. The zero-order chi connectivity index (χ0) is 10.4.